The van der Waals surface area contributed by atoms with Gasteiger partial charge in [0.15, 0.2) is 0 Å². The van der Waals surface area contributed by atoms with Crippen molar-refractivity contribution in [3.05, 3.63) is 20.1 Å². The summed E-state index contributed by atoms with van der Waals surface area (Å²) >= 11 is 10.0. The zero-order chi connectivity index (χ0) is 14.7. The maximum atomic E-state index is 5.01. The molecule has 3 nitrogen and oxygen atoms in total. The minimum Gasteiger partial charge on any atom is -0.341 e. The van der Waals surface area contributed by atoms with Gasteiger partial charge in [-0.3, -0.25) is 0 Å². The summed E-state index contributed by atoms with van der Waals surface area (Å²) in [5, 5.41) is 0. The van der Waals surface area contributed by atoms with Gasteiger partial charge >= 0.3 is 0 Å². The number of imidazole rings is 1. The van der Waals surface area contributed by atoms with Crippen LogP contribution >= 0.6 is 54.5 Å². The van der Waals surface area contributed by atoms with Crippen molar-refractivity contribution in [2.75, 3.05) is 18.0 Å². The van der Waals surface area contributed by atoms with E-state index in [0.717, 1.165) is 44.4 Å². The molecular weight excluding hydrogens is 509 g/mol. The van der Waals surface area contributed by atoms with Crippen LogP contribution in [0.25, 0.3) is 11.0 Å². The highest BCUT2D eigenvalue weighted by molar-refractivity contribution is 14.1. The van der Waals surface area contributed by atoms with Crippen LogP contribution in [-0.2, 0) is 13.0 Å². The number of aryl methyl sites for hydroxylation is 2. The van der Waals surface area contributed by atoms with Gasteiger partial charge in [-0.1, -0.05) is 22.6 Å². The van der Waals surface area contributed by atoms with E-state index in [2.05, 4.69) is 70.8 Å². The smallest absolute Gasteiger partial charge is 0.206 e. The standard InChI is InChI=1S/C15H16Br2IN3/c1-8-10-3-2-5-21-14(10)13(12(17)11(8)16)19-15(21)20-6-4-9(18)7-20/h9H,2-7H2,1H3/t9-/m0/s1. The van der Waals surface area contributed by atoms with Crippen LogP contribution in [0.2, 0.25) is 0 Å². The van der Waals surface area contributed by atoms with Crippen LogP contribution < -0.4 is 4.90 Å². The first kappa shape index (κ1) is 14.8. The lowest BCUT2D eigenvalue weighted by atomic mass is 9.99. The van der Waals surface area contributed by atoms with E-state index >= 15 is 0 Å². The molecular formula is C15H16Br2IN3. The lowest BCUT2D eigenvalue weighted by molar-refractivity contribution is 0.622. The average molecular weight is 525 g/mol. The van der Waals surface area contributed by atoms with Crippen LogP contribution in [0.1, 0.15) is 24.0 Å². The lowest BCUT2D eigenvalue weighted by Crippen LogP contribution is -2.24. The molecule has 112 valence electrons. The summed E-state index contributed by atoms with van der Waals surface area (Å²) in [7, 11) is 0. The van der Waals surface area contributed by atoms with Crippen LogP contribution in [0.4, 0.5) is 5.95 Å². The van der Waals surface area contributed by atoms with Crippen molar-refractivity contribution in [1.29, 1.82) is 0 Å². The lowest BCUT2D eigenvalue weighted by Gasteiger charge is -2.23. The van der Waals surface area contributed by atoms with Crippen molar-refractivity contribution in [1.82, 2.24) is 9.55 Å². The van der Waals surface area contributed by atoms with Gasteiger partial charge in [0.05, 0.1) is 9.99 Å². The Morgan fingerprint density at radius 1 is 1.24 bits per heavy atom. The summed E-state index contributed by atoms with van der Waals surface area (Å²) in [4.78, 5) is 7.47. The van der Waals surface area contributed by atoms with Gasteiger partial charge in [-0.2, -0.15) is 0 Å². The van der Waals surface area contributed by atoms with Crippen molar-refractivity contribution in [3.8, 4) is 0 Å². The molecule has 0 aliphatic carbocycles. The number of hydrogen-bond acceptors (Lipinski definition) is 2. The predicted octanol–water partition coefficient (Wildman–Crippen LogP) is 4.83. The molecule has 0 bridgehead atoms. The largest absolute Gasteiger partial charge is 0.341 e. The second-order valence-corrected chi connectivity index (χ2v) is 9.28. The Hall–Kier alpha value is 0.180. The zero-order valence-electron chi connectivity index (χ0n) is 11.8. The van der Waals surface area contributed by atoms with Crippen LogP contribution in [0.15, 0.2) is 8.95 Å². The SMILES string of the molecule is Cc1c(Br)c(Br)c2nc(N3CC[C@H](I)C3)n3c2c1CCC3. The number of rotatable bonds is 1. The summed E-state index contributed by atoms with van der Waals surface area (Å²) in [5.74, 6) is 1.17. The molecule has 1 saturated heterocycles. The van der Waals surface area contributed by atoms with Crippen LogP contribution in [0.5, 0.6) is 0 Å². The first-order valence-corrected chi connectivity index (χ1v) is 10.2. The fraction of sp³-hybridized carbons (Fsp3) is 0.533. The quantitative estimate of drug-likeness (QED) is 0.393. The van der Waals surface area contributed by atoms with Crippen LogP contribution in [0.3, 0.4) is 0 Å². The van der Waals surface area contributed by atoms with Crippen LogP contribution in [-0.4, -0.2) is 26.6 Å². The Bertz CT molecular complexity index is 741. The predicted molar refractivity (Wildman–Crippen MR) is 103 cm³/mol. The number of hydrogen-bond donors (Lipinski definition) is 0. The Balaban J connectivity index is 1.99. The highest BCUT2D eigenvalue weighted by Crippen LogP contribution is 2.42. The molecule has 6 heteroatoms. The molecule has 1 atom stereocenters. The first-order chi connectivity index (χ1) is 10.1. The number of aromatic nitrogens is 2. The van der Waals surface area contributed by atoms with E-state index < -0.39 is 0 Å². The van der Waals surface area contributed by atoms with Crippen molar-refractivity contribution in [2.24, 2.45) is 0 Å². The van der Waals surface area contributed by atoms with Crippen molar-refractivity contribution >= 4 is 71.4 Å². The molecule has 2 aliphatic heterocycles. The molecule has 4 rings (SSSR count). The summed E-state index contributed by atoms with van der Waals surface area (Å²) in [6, 6.07) is 0. The molecule has 1 aromatic carbocycles. The zero-order valence-corrected chi connectivity index (χ0v) is 17.1. The van der Waals surface area contributed by atoms with Gasteiger partial charge < -0.3 is 9.47 Å². The van der Waals surface area contributed by atoms with Crippen molar-refractivity contribution < 1.29 is 0 Å². The molecule has 2 aromatic rings. The molecule has 21 heavy (non-hydrogen) atoms. The average Bonchev–Trinajstić information content (AvgIpc) is 3.07. The molecule has 0 radical (unpaired) electrons. The fourth-order valence-electron chi connectivity index (χ4n) is 3.55. The van der Waals surface area contributed by atoms with E-state index in [0.29, 0.717) is 0 Å². The monoisotopic (exact) mass is 523 g/mol. The van der Waals surface area contributed by atoms with Crippen molar-refractivity contribution in [2.45, 2.75) is 36.7 Å². The van der Waals surface area contributed by atoms with Gasteiger partial charge in [-0.15, -0.1) is 0 Å². The summed E-state index contributed by atoms with van der Waals surface area (Å²) < 4.78 is 5.46. The Labute approximate surface area is 154 Å². The van der Waals surface area contributed by atoms with Crippen LogP contribution in [0, 0.1) is 6.92 Å². The minimum atomic E-state index is 0.746. The van der Waals surface area contributed by atoms with E-state index in [-0.39, 0.29) is 0 Å². The van der Waals surface area contributed by atoms with Gasteiger partial charge in [0.2, 0.25) is 5.95 Å². The molecule has 2 aliphatic rings. The van der Waals surface area contributed by atoms with E-state index in [4.69, 9.17) is 4.98 Å². The van der Waals surface area contributed by atoms with E-state index in [9.17, 15) is 0 Å². The maximum Gasteiger partial charge on any atom is 0.206 e. The first-order valence-electron chi connectivity index (χ1n) is 7.33. The normalized spacial score (nSPS) is 21.5. The van der Waals surface area contributed by atoms with E-state index in [1.807, 2.05) is 0 Å². The van der Waals surface area contributed by atoms with Gasteiger partial charge in [-0.25, -0.2) is 4.98 Å². The highest BCUT2D eigenvalue weighted by Gasteiger charge is 2.29. The van der Waals surface area contributed by atoms with Crippen molar-refractivity contribution in [3.63, 3.8) is 0 Å². The second-order valence-electron chi connectivity index (χ2n) is 5.93. The Morgan fingerprint density at radius 2 is 2.05 bits per heavy atom. The fourth-order valence-corrected chi connectivity index (χ4v) is 5.31. The van der Waals surface area contributed by atoms with Gasteiger partial charge in [0, 0.05) is 28.0 Å². The molecule has 0 N–H and O–H groups in total. The Morgan fingerprint density at radius 3 is 2.76 bits per heavy atom. The minimum absolute atomic E-state index is 0.746. The highest BCUT2D eigenvalue weighted by atomic mass is 127. The molecule has 0 saturated carbocycles. The number of anilines is 1. The maximum absolute atomic E-state index is 5.01. The number of halogens is 3. The second kappa shape index (κ2) is 5.37. The van der Waals surface area contributed by atoms with E-state index in [1.165, 1.54) is 35.4 Å². The summed E-state index contributed by atoms with van der Waals surface area (Å²) in [6.07, 6.45) is 3.64. The molecule has 0 unspecified atom stereocenters. The molecule has 3 heterocycles. The number of alkyl halides is 1. The topological polar surface area (TPSA) is 21.1 Å². The summed E-state index contributed by atoms with van der Waals surface area (Å²) in [6.45, 7) is 5.55. The molecule has 1 fully saturated rings. The number of benzene rings is 1. The third-order valence-corrected chi connectivity index (χ3v) is 7.95. The van der Waals surface area contributed by atoms with Gasteiger partial charge in [-0.05, 0) is 69.2 Å². The van der Waals surface area contributed by atoms with Gasteiger partial charge in [0.1, 0.15) is 5.52 Å². The van der Waals surface area contributed by atoms with E-state index in [1.54, 1.807) is 0 Å². The Kier molecular flexibility index (Phi) is 3.77. The third-order valence-electron chi connectivity index (χ3n) is 4.64. The molecule has 1 aromatic heterocycles. The number of nitrogens with zero attached hydrogens (tertiary/aromatic N) is 3. The third kappa shape index (κ3) is 2.19. The molecule has 0 amide bonds. The molecule has 0 spiro atoms. The van der Waals surface area contributed by atoms with Gasteiger partial charge in [0.25, 0.3) is 0 Å². The summed E-state index contributed by atoms with van der Waals surface area (Å²) in [5.41, 5.74) is 5.29.